The molecule has 0 spiro atoms. The third-order valence-electron chi connectivity index (χ3n) is 3.96. The Labute approximate surface area is 137 Å². The summed E-state index contributed by atoms with van der Waals surface area (Å²) in [6, 6.07) is 7.70. The molecule has 1 amide bonds. The number of aliphatic carboxylic acids is 1. The number of aromatic nitrogens is 1. The molecule has 1 fully saturated rings. The van der Waals surface area contributed by atoms with E-state index in [1.54, 1.807) is 4.90 Å². The van der Waals surface area contributed by atoms with Gasteiger partial charge in [0.25, 0.3) is 0 Å². The van der Waals surface area contributed by atoms with Crippen LogP contribution in [0.15, 0.2) is 28.7 Å². The number of hydrogen-bond donors (Lipinski definition) is 1. The fourth-order valence-corrected chi connectivity index (χ4v) is 3.39. The Morgan fingerprint density at radius 3 is 2.70 bits per heavy atom. The van der Waals surface area contributed by atoms with Gasteiger partial charge in [-0.1, -0.05) is 12.1 Å². The van der Waals surface area contributed by atoms with E-state index in [0.717, 1.165) is 41.6 Å². The Hall–Kier alpha value is -2.02. The number of para-hydroxylation sites is 2. The van der Waals surface area contributed by atoms with Gasteiger partial charge in [0, 0.05) is 19.0 Å². The Morgan fingerprint density at radius 1 is 1.26 bits per heavy atom. The van der Waals surface area contributed by atoms with E-state index in [9.17, 15) is 9.59 Å². The number of fused-ring (bicyclic) bond motifs is 1. The first kappa shape index (κ1) is 15.9. The van der Waals surface area contributed by atoms with Gasteiger partial charge in [-0.25, -0.2) is 4.98 Å². The van der Waals surface area contributed by atoms with Crippen LogP contribution in [0.25, 0.3) is 11.1 Å². The minimum Gasteiger partial charge on any atom is -0.481 e. The van der Waals surface area contributed by atoms with Crippen molar-refractivity contribution >= 4 is 34.7 Å². The highest BCUT2D eigenvalue weighted by Crippen LogP contribution is 2.30. The average Bonchev–Trinajstić information content (AvgIpc) is 2.98. The summed E-state index contributed by atoms with van der Waals surface area (Å²) in [6.45, 7) is 1.33. The molecule has 1 aromatic carbocycles. The summed E-state index contributed by atoms with van der Waals surface area (Å²) in [5.74, 6) is 0.284. The van der Waals surface area contributed by atoms with Crippen LogP contribution in [0, 0.1) is 0 Å². The molecule has 122 valence electrons. The summed E-state index contributed by atoms with van der Waals surface area (Å²) in [7, 11) is 0. The van der Waals surface area contributed by atoms with E-state index in [2.05, 4.69) is 4.98 Å². The molecular formula is C16H18N2O4S. The lowest BCUT2D eigenvalue weighted by Crippen LogP contribution is -2.39. The number of piperidine rings is 1. The Morgan fingerprint density at radius 2 is 2.00 bits per heavy atom. The SMILES string of the molecule is O=C(O)CSCC(=O)N1CCC(c2nc3ccccc3o2)CC1. The molecule has 0 unspecified atom stereocenters. The number of benzene rings is 1. The maximum atomic E-state index is 12.0. The van der Waals surface area contributed by atoms with Crippen LogP contribution >= 0.6 is 11.8 Å². The maximum absolute atomic E-state index is 12.0. The normalized spacial score (nSPS) is 15.9. The van der Waals surface area contributed by atoms with Crippen molar-refractivity contribution in [3.8, 4) is 0 Å². The van der Waals surface area contributed by atoms with Gasteiger partial charge in [0.1, 0.15) is 5.52 Å². The number of carbonyl (C=O) groups is 2. The van der Waals surface area contributed by atoms with Gasteiger partial charge in [0.2, 0.25) is 5.91 Å². The molecule has 23 heavy (non-hydrogen) atoms. The molecule has 0 saturated carbocycles. The van der Waals surface area contributed by atoms with Crippen LogP contribution in [-0.2, 0) is 9.59 Å². The van der Waals surface area contributed by atoms with Gasteiger partial charge < -0.3 is 14.4 Å². The van der Waals surface area contributed by atoms with E-state index in [4.69, 9.17) is 9.52 Å². The van der Waals surface area contributed by atoms with Crippen LogP contribution in [0.4, 0.5) is 0 Å². The van der Waals surface area contributed by atoms with Gasteiger partial charge in [-0.2, -0.15) is 0 Å². The summed E-state index contributed by atoms with van der Waals surface area (Å²) < 4.78 is 5.81. The largest absolute Gasteiger partial charge is 0.481 e. The molecule has 1 saturated heterocycles. The molecule has 3 rings (SSSR count). The third kappa shape index (κ3) is 3.85. The molecule has 0 atom stereocenters. The zero-order valence-electron chi connectivity index (χ0n) is 12.6. The van der Waals surface area contributed by atoms with Crippen molar-refractivity contribution in [2.24, 2.45) is 0 Å². The molecule has 7 heteroatoms. The lowest BCUT2D eigenvalue weighted by Gasteiger charge is -2.30. The molecule has 1 aliphatic rings. The smallest absolute Gasteiger partial charge is 0.313 e. The number of amides is 1. The first-order valence-electron chi connectivity index (χ1n) is 7.56. The van der Waals surface area contributed by atoms with Gasteiger partial charge in [0.15, 0.2) is 11.5 Å². The summed E-state index contributed by atoms with van der Waals surface area (Å²) in [5.41, 5.74) is 1.66. The number of thioether (sulfide) groups is 1. The quantitative estimate of drug-likeness (QED) is 0.903. The van der Waals surface area contributed by atoms with Crippen molar-refractivity contribution in [1.29, 1.82) is 0 Å². The highest BCUT2D eigenvalue weighted by Gasteiger charge is 2.26. The van der Waals surface area contributed by atoms with Gasteiger partial charge in [-0.3, -0.25) is 9.59 Å². The van der Waals surface area contributed by atoms with Crippen LogP contribution < -0.4 is 0 Å². The van der Waals surface area contributed by atoms with Crippen LogP contribution in [0.3, 0.4) is 0 Å². The van der Waals surface area contributed by atoms with Crippen LogP contribution in [0.1, 0.15) is 24.7 Å². The monoisotopic (exact) mass is 334 g/mol. The van der Waals surface area contributed by atoms with E-state index in [1.165, 1.54) is 0 Å². The number of hydrogen-bond acceptors (Lipinski definition) is 5. The first-order chi connectivity index (χ1) is 11.1. The van der Waals surface area contributed by atoms with Crippen LogP contribution in [0.2, 0.25) is 0 Å². The van der Waals surface area contributed by atoms with Gasteiger partial charge in [-0.05, 0) is 25.0 Å². The predicted octanol–water partition coefficient (Wildman–Crippen LogP) is 2.35. The molecule has 6 nitrogen and oxygen atoms in total. The van der Waals surface area contributed by atoms with Crippen molar-refractivity contribution in [3.63, 3.8) is 0 Å². The zero-order valence-corrected chi connectivity index (χ0v) is 13.4. The summed E-state index contributed by atoms with van der Waals surface area (Å²) in [4.78, 5) is 28.8. The molecule has 0 radical (unpaired) electrons. The molecule has 0 aliphatic carbocycles. The fraction of sp³-hybridized carbons (Fsp3) is 0.438. The first-order valence-corrected chi connectivity index (χ1v) is 8.72. The number of rotatable bonds is 5. The molecular weight excluding hydrogens is 316 g/mol. The van der Waals surface area contributed by atoms with Crippen molar-refractivity contribution in [1.82, 2.24) is 9.88 Å². The minimum atomic E-state index is -0.891. The second kappa shape index (κ2) is 7.04. The highest BCUT2D eigenvalue weighted by molar-refractivity contribution is 8.00. The minimum absolute atomic E-state index is 0.00673. The Kier molecular flexibility index (Phi) is 4.85. The fourth-order valence-electron chi connectivity index (χ4n) is 2.76. The van der Waals surface area contributed by atoms with E-state index < -0.39 is 5.97 Å². The summed E-state index contributed by atoms with van der Waals surface area (Å²) >= 11 is 1.14. The van der Waals surface area contributed by atoms with E-state index in [1.807, 2.05) is 24.3 Å². The topological polar surface area (TPSA) is 83.6 Å². The summed E-state index contributed by atoms with van der Waals surface area (Å²) in [6.07, 6.45) is 1.64. The lowest BCUT2D eigenvalue weighted by molar-refractivity contribution is -0.133. The second-order valence-electron chi connectivity index (χ2n) is 5.56. The van der Waals surface area contributed by atoms with Crippen molar-refractivity contribution in [3.05, 3.63) is 30.2 Å². The molecule has 1 aliphatic heterocycles. The third-order valence-corrected chi connectivity index (χ3v) is 4.86. The molecule has 0 bridgehead atoms. The highest BCUT2D eigenvalue weighted by atomic mass is 32.2. The van der Waals surface area contributed by atoms with Crippen LogP contribution in [0.5, 0.6) is 0 Å². The van der Waals surface area contributed by atoms with Gasteiger partial charge in [-0.15, -0.1) is 11.8 Å². The standard InChI is InChI=1S/C16H18N2O4S/c19-14(9-23-10-15(20)21)18-7-5-11(6-8-18)16-17-12-3-1-2-4-13(12)22-16/h1-4,11H,5-10H2,(H,20,21). The number of carbonyl (C=O) groups excluding carboxylic acids is 1. The van der Waals surface area contributed by atoms with Crippen molar-refractivity contribution < 1.29 is 19.1 Å². The second-order valence-corrected chi connectivity index (χ2v) is 6.55. The zero-order chi connectivity index (χ0) is 16.2. The van der Waals surface area contributed by atoms with E-state index in [0.29, 0.717) is 13.1 Å². The predicted molar refractivity (Wildman–Crippen MR) is 87.5 cm³/mol. The Balaban J connectivity index is 1.53. The number of likely N-dealkylation sites (tertiary alicyclic amines) is 1. The number of carboxylic acid groups (broad SMARTS) is 1. The van der Waals surface area contributed by atoms with Crippen molar-refractivity contribution in [2.75, 3.05) is 24.6 Å². The summed E-state index contributed by atoms with van der Waals surface area (Å²) in [5, 5.41) is 8.59. The average molecular weight is 334 g/mol. The van der Waals surface area contributed by atoms with E-state index in [-0.39, 0.29) is 23.3 Å². The maximum Gasteiger partial charge on any atom is 0.313 e. The van der Waals surface area contributed by atoms with E-state index >= 15 is 0 Å². The number of carboxylic acids is 1. The molecule has 2 heterocycles. The molecule has 2 aromatic rings. The Bertz CT molecular complexity index is 674. The number of oxazole rings is 1. The van der Waals surface area contributed by atoms with Crippen molar-refractivity contribution in [2.45, 2.75) is 18.8 Å². The van der Waals surface area contributed by atoms with Gasteiger partial charge >= 0.3 is 5.97 Å². The molecule has 1 aromatic heterocycles. The lowest BCUT2D eigenvalue weighted by atomic mass is 9.97. The van der Waals surface area contributed by atoms with Crippen LogP contribution in [-0.4, -0.2) is 51.5 Å². The molecule has 1 N–H and O–H groups in total. The number of nitrogens with zero attached hydrogens (tertiary/aromatic N) is 2. The van der Waals surface area contributed by atoms with Gasteiger partial charge in [0.05, 0.1) is 11.5 Å².